The molecular weight excluding hydrogens is 290 g/mol. The lowest BCUT2D eigenvalue weighted by Gasteiger charge is -2.08. The first-order chi connectivity index (χ1) is 10.4. The topological polar surface area (TPSA) is 49.2 Å². The van der Waals surface area contributed by atoms with E-state index in [-0.39, 0.29) is 0 Å². The van der Waals surface area contributed by atoms with E-state index in [1.54, 1.807) is 13.3 Å². The summed E-state index contributed by atoms with van der Waals surface area (Å²) in [5.74, 6) is 1.59. The fraction of sp³-hybridized carbons (Fsp3) is 0.600. The van der Waals surface area contributed by atoms with Crippen molar-refractivity contribution >= 4 is 22.8 Å². The fourth-order valence-electron chi connectivity index (χ4n) is 2.23. The Kier molecular flexibility index (Phi) is 6.92. The smallest absolute Gasteiger partial charge is 0.159 e. The van der Waals surface area contributed by atoms with Crippen LogP contribution in [0.1, 0.15) is 18.7 Å². The molecule has 0 amide bonds. The lowest BCUT2D eigenvalue weighted by atomic mass is 10.3. The van der Waals surface area contributed by atoms with Crippen molar-refractivity contribution in [3.05, 3.63) is 24.2 Å². The number of aryl methyl sites for hydroxylation is 2. The van der Waals surface area contributed by atoms with Gasteiger partial charge in [0.05, 0.1) is 13.2 Å². The van der Waals surface area contributed by atoms with Crippen LogP contribution >= 0.6 is 11.6 Å². The van der Waals surface area contributed by atoms with Crippen molar-refractivity contribution in [1.82, 2.24) is 14.5 Å². The molecule has 0 fully saturated rings. The maximum absolute atomic E-state index is 5.86. The Hall–Kier alpha value is -1.17. The maximum Gasteiger partial charge on any atom is 0.159 e. The molecule has 0 atom stereocenters. The lowest BCUT2D eigenvalue weighted by molar-refractivity contribution is 0.0684. The van der Waals surface area contributed by atoms with Crippen LogP contribution in [0.15, 0.2) is 18.3 Å². The number of halogens is 1. The standard InChI is InChI=1S/C15H22ClN3O2/c1-20-11-12-21-10-3-2-9-19-14(6-7-16)18-13-5-4-8-17-15(13)19/h4-5,8H,2-3,6-7,9-12H2,1H3. The van der Waals surface area contributed by atoms with Gasteiger partial charge in [-0.2, -0.15) is 0 Å². The summed E-state index contributed by atoms with van der Waals surface area (Å²) in [6.45, 7) is 2.96. The highest BCUT2D eigenvalue weighted by atomic mass is 35.5. The van der Waals surface area contributed by atoms with Crippen LogP contribution in [0.3, 0.4) is 0 Å². The molecule has 21 heavy (non-hydrogen) atoms. The Morgan fingerprint density at radius 2 is 2.14 bits per heavy atom. The van der Waals surface area contributed by atoms with E-state index in [4.69, 9.17) is 21.1 Å². The van der Waals surface area contributed by atoms with Gasteiger partial charge in [-0.05, 0) is 25.0 Å². The highest BCUT2D eigenvalue weighted by Gasteiger charge is 2.10. The summed E-state index contributed by atoms with van der Waals surface area (Å²) in [6, 6.07) is 3.90. The van der Waals surface area contributed by atoms with Gasteiger partial charge in [0, 0.05) is 38.8 Å². The van der Waals surface area contributed by atoms with Crippen molar-refractivity contribution in [1.29, 1.82) is 0 Å². The number of pyridine rings is 1. The van der Waals surface area contributed by atoms with Gasteiger partial charge < -0.3 is 14.0 Å². The first-order valence-electron chi connectivity index (χ1n) is 7.29. The van der Waals surface area contributed by atoms with E-state index >= 15 is 0 Å². The quantitative estimate of drug-likeness (QED) is 0.500. The zero-order valence-electron chi connectivity index (χ0n) is 12.4. The maximum atomic E-state index is 5.86. The van der Waals surface area contributed by atoms with Gasteiger partial charge in [0.2, 0.25) is 0 Å². The molecule has 2 aromatic heterocycles. The molecule has 5 nitrogen and oxygen atoms in total. The van der Waals surface area contributed by atoms with Crippen molar-refractivity contribution in [2.45, 2.75) is 25.8 Å². The molecule has 0 aromatic carbocycles. The average molecular weight is 312 g/mol. The Balaban J connectivity index is 1.89. The van der Waals surface area contributed by atoms with E-state index < -0.39 is 0 Å². The molecule has 0 N–H and O–H groups in total. The van der Waals surface area contributed by atoms with Gasteiger partial charge in [0.25, 0.3) is 0 Å². The van der Waals surface area contributed by atoms with Gasteiger partial charge in [-0.1, -0.05) is 0 Å². The zero-order chi connectivity index (χ0) is 14.9. The van der Waals surface area contributed by atoms with Crippen LogP contribution in [0.25, 0.3) is 11.2 Å². The van der Waals surface area contributed by atoms with Crippen molar-refractivity contribution in [3.8, 4) is 0 Å². The molecule has 2 aromatic rings. The van der Waals surface area contributed by atoms with Crippen LogP contribution in [-0.4, -0.2) is 47.3 Å². The van der Waals surface area contributed by atoms with E-state index in [1.807, 2.05) is 12.1 Å². The summed E-state index contributed by atoms with van der Waals surface area (Å²) >= 11 is 5.86. The molecule has 0 radical (unpaired) electrons. The Bertz CT molecular complexity index is 545. The van der Waals surface area contributed by atoms with Crippen molar-refractivity contribution in [2.24, 2.45) is 0 Å². The van der Waals surface area contributed by atoms with Crippen molar-refractivity contribution < 1.29 is 9.47 Å². The molecular formula is C15H22ClN3O2. The summed E-state index contributed by atoms with van der Waals surface area (Å²) < 4.78 is 12.6. The van der Waals surface area contributed by atoms with E-state index in [2.05, 4.69) is 14.5 Å². The van der Waals surface area contributed by atoms with E-state index in [0.29, 0.717) is 19.1 Å². The number of methoxy groups -OCH3 is 1. The highest BCUT2D eigenvalue weighted by molar-refractivity contribution is 6.17. The van der Waals surface area contributed by atoms with Gasteiger partial charge >= 0.3 is 0 Å². The second kappa shape index (κ2) is 8.97. The van der Waals surface area contributed by atoms with Gasteiger partial charge in [0.1, 0.15) is 11.3 Å². The van der Waals surface area contributed by atoms with Crippen LogP contribution in [0.2, 0.25) is 0 Å². The number of hydrogen-bond donors (Lipinski definition) is 0. The second-order valence-corrected chi connectivity index (χ2v) is 5.16. The third-order valence-electron chi connectivity index (χ3n) is 3.25. The predicted octanol–water partition coefficient (Wildman–Crippen LogP) is 2.66. The van der Waals surface area contributed by atoms with E-state index in [9.17, 15) is 0 Å². The van der Waals surface area contributed by atoms with Crippen molar-refractivity contribution in [2.75, 3.05) is 32.8 Å². The lowest BCUT2D eigenvalue weighted by Crippen LogP contribution is -2.07. The summed E-state index contributed by atoms with van der Waals surface area (Å²) in [5, 5.41) is 0. The molecule has 0 aliphatic heterocycles. The molecule has 0 aliphatic rings. The SMILES string of the molecule is COCCOCCCCn1c(CCCl)nc2cccnc21. The highest BCUT2D eigenvalue weighted by Crippen LogP contribution is 2.15. The fourth-order valence-corrected chi connectivity index (χ4v) is 2.40. The second-order valence-electron chi connectivity index (χ2n) is 4.78. The summed E-state index contributed by atoms with van der Waals surface area (Å²) in [6.07, 6.45) is 4.61. The van der Waals surface area contributed by atoms with Gasteiger partial charge in [-0.25, -0.2) is 9.97 Å². The van der Waals surface area contributed by atoms with E-state index in [1.165, 1.54) is 0 Å². The number of aromatic nitrogens is 3. The summed E-state index contributed by atoms with van der Waals surface area (Å²) in [7, 11) is 1.68. The zero-order valence-corrected chi connectivity index (χ0v) is 13.2. The Morgan fingerprint density at radius 1 is 1.24 bits per heavy atom. The third kappa shape index (κ3) is 4.66. The molecule has 0 saturated heterocycles. The molecule has 116 valence electrons. The minimum atomic E-state index is 0.573. The number of unbranched alkanes of at least 4 members (excludes halogenated alkanes) is 1. The number of fused-ring (bicyclic) bond motifs is 1. The molecule has 0 saturated carbocycles. The molecule has 2 heterocycles. The number of alkyl halides is 1. The molecule has 0 aliphatic carbocycles. The number of nitrogens with zero attached hydrogens (tertiary/aromatic N) is 3. The van der Waals surface area contributed by atoms with E-state index in [0.717, 1.165) is 49.4 Å². The monoisotopic (exact) mass is 311 g/mol. The number of rotatable bonds is 10. The van der Waals surface area contributed by atoms with Crippen LogP contribution in [0.5, 0.6) is 0 Å². The first kappa shape index (κ1) is 16.2. The Labute approximate surface area is 130 Å². The molecule has 0 spiro atoms. The Morgan fingerprint density at radius 3 is 2.95 bits per heavy atom. The number of ether oxygens (including phenoxy) is 2. The van der Waals surface area contributed by atoms with Crippen molar-refractivity contribution in [3.63, 3.8) is 0 Å². The number of hydrogen-bond acceptors (Lipinski definition) is 4. The average Bonchev–Trinajstić information content (AvgIpc) is 2.84. The molecule has 0 unspecified atom stereocenters. The largest absolute Gasteiger partial charge is 0.382 e. The van der Waals surface area contributed by atoms with Crippen LogP contribution in [-0.2, 0) is 22.4 Å². The minimum absolute atomic E-state index is 0.573. The van der Waals surface area contributed by atoms with Gasteiger partial charge in [0.15, 0.2) is 5.65 Å². The predicted molar refractivity (Wildman–Crippen MR) is 83.9 cm³/mol. The van der Waals surface area contributed by atoms with Crippen LogP contribution < -0.4 is 0 Å². The van der Waals surface area contributed by atoms with Crippen LogP contribution in [0.4, 0.5) is 0 Å². The van der Waals surface area contributed by atoms with Gasteiger partial charge in [-0.3, -0.25) is 0 Å². The first-order valence-corrected chi connectivity index (χ1v) is 7.83. The normalized spacial score (nSPS) is 11.3. The van der Waals surface area contributed by atoms with Gasteiger partial charge in [-0.15, -0.1) is 11.6 Å². The molecule has 6 heteroatoms. The summed E-state index contributed by atoms with van der Waals surface area (Å²) in [5.41, 5.74) is 1.88. The number of imidazole rings is 1. The molecule has 0 bridgehead atoms. The summed E-state index contributed by atoms with van der Waals surface area (Å²) in [4.78, 5) is 9.04. The molecule has 2 rings (SSSR count). The third-order valence-corrected chi connectivity index (χ3v) is 3.44. The van der Waals surface area contributed by atoms with Crippen LogP contribution in [0, 0.1) is 0 Å². The minimum Gasteiger partial charge on any atom is -0.382 e.